The van der Waals surface area contributed by atoms with Crippen LogP contribution >= 0.6 is 0 Å². The summed E-state index contributed by atoms with van der Waals surface area (Å²) in [5, 5.41) is 2.88. The van der Waals surface area contributed by atoms with Crippen molar-refractivity contribution < 1.29 is 13.6 Å². The van der Waals surface area contributed by atoms with Crippen molar-refractivity contribution in [2.24, 2.45) is 11.3 Å². The lowest BCUT2D eigenvalue weighted by atomic mass is 9.76. The molecule has 6 heteroatoms. The standard InChI is InChI=1S/C19H25F2N3O/c20-19(21)10-15(11-19)23-17(25)16-5-3-6-18(16)7-9-24(13-18)12-14-4-1-2-8-22-14/h1-2,4,8,15-16H,3,5-7,9-13H2,(H,23,25)/t16-,18-/m1/s1. The van der Waals surface area contributed by atoms with E-state index in [9.17, 15) is 13.6 Å². The summed E-state index contributed by atoms with van der Waals surface area (Å²) in [5.74, 6) is -2.62. The molecule has 4 nitrogen and oxygen atoms in total. The molecular weight excluding hydrogens is 324 g/mol. The smallest absolute Gasteiger partial charge is 0.252 e. The molecular formula is C19H25F2N3O. The predicted octanol–water partition coefficient (Wildman–Crippen LogP) is 2.99. The average molecular weight is 349 g/mol. The molecule has 0 aromatic carbocycles. The molecule has 3 fully saturated rings. The quantitative estimate of drug-likeness (QED) is 0.909. The van der Waals surface area contributed by atoms with Crippen LogP contribution < -0.4 is 5.32 Å². The van der Waals surface area contributed by atoms with Gasteiger partial charge in [-0.25, -0.2) is 8.78 Å². The number of carbonyl (C=O) groups is 1. The Morgan fingerprint density at radius 2 is 2.16 bits per heavy atom. The Kier molecular flexibility index (Phi) is 4.26. The first-order chi connectivity index (χ1) is 12.0. The SMILES string of the molecule is O=C(NC1CC(F)(F)C1)[C@H]1CCC[C@]12CCN(Cc1ccccn1)C2. The second kappa shape index (κ2) is 6.31. The third kappa shape index (κ3) is 3.41. The maximum absolute atomic E-state index is 13.0. The number of halogens is 2. The number of amides is 1. The van der Waals surface area contributed by atoms with Gasteiger partial charge in [0.1, 0.15) is 0 Å². The van der Waals surface area contributed by atoms with Gasteiger partial charge in [-0.15, -0.1) is 0 Å². The molecule has 2 atom stereocenters. The molecule has 1 amide bonds. The number of nitrogens with zero attached hydrogens (tertiary/aromatic N) is 2. The Labute approximate surface area is 147 Å². The number of hydrogen-bond donors (Lipinski definition) is 1. The molecule has 1 saturated heterocycles. The monoisotopic (exact) mass is 349 g/mol. The molecule has 136 valence electrons. The molecule has 25 heavy (non-hydrogen) atoms. The van der Waals surface area contributed by atoms with Crippen molar-refractivity contribution in [1.29, 1.82) is 0 Å². The van der Waals surface area contributed by atoms with E-state index in [2.05, 4.69) is 15.2 Å². The zero-order valence-corrected chi connectivity index (χ0v) is 14.4. The molecule has 3 aliphatic rings. The second-order valence-corrected chi connectivity index (χ2v) is 8.06. The van der Waals surface area contributed by atoms with Crippen LogP contribution in [0.5, 0.6) is 0 Å². The van der Waals surface area contributed by atoms with Crippen molar-refractivity contribution in [2.45, 2.75) is 57.0 Å². The molecule has 0 unspecified atom stereocenters. The lowest BCUT2D eigenvalue weighted by Crippen LogP contribution is -2.53. The van der Waals surface area contributed by atoms with Gasteiger partial charge in [0, 0.05) is 44.1 Å². The fourth-order valence-corrected chi connectivity index (χ4v) is 4.94. The van der Waals surface area contributed by atoms with Crippen LogP contribution in [0.1, 0.15) is 44.2 Å². The molecule has 1 aromatic rings. The Morgan fingerprint density at radius 1 is 1.32 bits per heavy atom. The van der Waals surface area contributed by atoms with Crippen LogP contribution in [0.4, 0.5) is 8.78 Å². The summed E-state index contributed by atoms with van der Waals surface area (Å²) in [6.45, 7) is 2.69. The first-order valence-electron chi connectivity index (χ1n) is 9.26. The average Bonchev–Trinajstić information content (AvgIpc) is 3.14. The molecule has 1 spiro atoms. The van der Waals surface area contributed by atoms with Gasteiger partial charge >= 0.3 is 0 Å². The maximum atomic E-state index is 13.0. The number of rotatable bonds is 4. The normalized spacial score (nSPS) is 32.0. The predicted molar refractivity (Wildman–Crippen MR) is 90.0 cm³/mol. The molecule has 1 aliphatic heterocycles. The molecule has 1 aromatic heterocycles. The highest BCUT2D eigenvalue weighted by Gasteiger charge is 2.52. The number of alkyl halides is 2. The first-order valence-corrected chi connectivity index (χ1v) is 9.26. The highest BCUT2D eigenvalue weighted by Crippen LogP contribution is 2.50. The Bertz CT molecular complexity index is 631. The fraction of sp³-hybridized carbons (Fsp3) is 0.684. The van der Waals surface area contributed by atoms with Crippen molar-refractivity contribution in [3.05, 3.63) is 30.1 Å². The molecule has 2 heterocycles. The van der Waals surface area contributed by atoms with Crippen LogP contribution in [-0.4, -0.2) is 40.8 Å². The van der Waals surface area contributed by atoms with Crippen molar-refractivity contribution in [1.82, 2.24) is 15.2 Å². The van der Waals surface area contributed by atoms with Gasteiger partial charge in [-0.2, -0.15) is 0 Å². The van der Waals surface area contributed by atoms with Crippen LogP contribution in [0.3, 0.4) is 0 Å². The van der Waals surface area contributed by atoms with Crippen molar-refractivity contribution in [2.75, 3.05) is 13.1 Å². The van der Waals surface area contributed by atoms with Gasteiger partial charge < -0.3 is 5.32 Å². The third-order valence-corrected chi connectivity index (χ3v) is 6.24. The van der Waals surface area contributed by atoms with E-state index < -0.39 is 5.92 Å². The molecule has 2 saturated carbocycles. The van der Waals surface area contributed by atoms with Gasteiger partial charge in [-0.05, 0) is 43.4 Å². The summed E-state index contributed by atoms with van der Waals surface area (Å²) in [4.78, 5) is 19.5. The van der Waals surface area contributed by atoms with Gasteiger partial charge in [0.15, 0.2) is 0 Å². The summed E-state index contributed by atoms with van der Waals surface area (Å²) in [6.07, 6.45) is 5.40. The Hall–Kier alpha value is -1.56. The van der Waals surface area contributed by atoms with Crippen molar-refractivity contribution in [3.8, 4) is 0 Å². The van der Waals surface area contributed by atoms with Gasteiger partial charge in [-0.1, -0.05) is 12.5 Å². The lowest BCUT2D eigenvalue weighted by molar-refractivity contribution is -0.135. The van der Waals surface area contributed by atoms with Crippen LogP contribution in [-0.2, 0) is 11.3 Å². The van der Waals surface area contributed by atoms with Crippen LogP contribution in [0.15, 0.2) is 24.4 Å². The zero-order chi connectivity index (χ0) is 17.5. The number of pyridine rings is 1. The van der Waals surface area contributed by atoms with E-state index in [4.69, 9.17) is 0 Å². The summed E-state index contributed by atoms with van der Waals surface area (Å²) < 4.78 is 26.0. The van der Waals surface area contributed by atoms with E-state index in [-0.39, 0.29) is 36.1 Å². The van der Waals surface area contributed by atoms with E-state index in [1.54, 1.807) is 6.20 Å². The van der Waals surface area contributed by atoms with E-state index in [0.29, 0.717) is 0 Å². The van der Waals surface area contributed by atoms with Gasteiger partial charge in [0.05, 0.1) is 5.69 Å². The number of nitrogens with one attached hydrogen (secondary N) is 1. The third-order valence-electron chi connectivity index (χ3n) is 6.24. The van der Waals surface area contributed by atoms with Gasteiger partial charge in [-0.3, -0.25) is 14.7 Å². The topological polar surface area (TPSA) is 45.2 Å². The minimum atomic E-state index is -2.59. The van der Waals surface area contributed by atoms with E-state index in [1.807, 2.05) is 18.2 Å². The van der Waals surface area contributed by atoms with Gasteiger partial charge in [0.2, 0.25) is 5.91 Å². The van der Waals surface area contributed by atoms with E-state index in [0.717, 1.165) is 51.0 Å². The lowest BCUT2D eigenvalue weighted by Gasteiger charge is -2.38. The summed E-state index contributed by atoms with van der Waals surface area (Å²) in [5.41, 5.74) is 1.07. The van der Waals surface area contributed by atoms with Crippen LogP contribution in [0.2, 0.25) is 0 Å². The highest BCUT2D eigenvalue weighted by atomic mass is 19.3. The fourth-order valence-electron chi connectivity index (χ4n) is 4.94. The summed E-state index contributed by atoms with van der Waals surface area (Å²) in [7, 11) is 0. The molecule has 0 radical (unpaired) electrons. The largest absolute Gasteiger partial charge is 0.353 e. The van der Waals surface area contributed by atoms with E-state index in [1.165, 1.54) is 0 Å². The molecule has 0 bridgehead atoms. The first kappa shape index (κ1) is 16.9. The second-order valence-electron chi connectivity index (χ2n) is 8.06. The van der Waals surface area contributed by atoms with Gasteiger partial charge in [0.25, 0.3) is 5.92 Å². The maximum Gasteiger partial charge on any atom is 0.252 e. The minimum Gasteiger partial charge on any atom is -0.353 e. The van der Waals surface area contributed by atoms with E-state index >= 15 is 0 Å². The molecule has 2 aliphatic carbocycles. The summed E-state index contributed by atoms with van der Waals surface area (Å²) in [6, 6.07) is 5.59. The number of aromatic nitrogens is 1. The van der Waals surface area contributed by atoms with Crippen molar-refractivity contribution >= 4 is 5.91 Å². The van der Waals surface area contributed by atoms with Crippen LogP contribution in [0, 0.1) is 11.3 Å². The molecule has 4 rings (SSSR count). The molecule has 1 N–H and O–H groups in total. The Balaban J connectivity index is 1.37. The zero-order valence-electron chi connectivity index (χ0n) is 14.4. The Morgan fingerprint density at radius 3 is 2.88 bits per heavy atom. The van der Waals surface area contributed by atoms with Crippen molar-refractivity contribution in [3.63, 3.8) is 0 Å². The number of hydrogen-bond acceptors (Lipinski definition) is 3. The number of carbonyl (C=O) groups excluding carboxylic acids is 1. The highest BCUT2D eigenvalue weighted by molar-refractivity contribution is 5.80. The van der Waals surface area contributed by atoms with Crippen LogP contribution in [0.25, 0.3) is 0 Å². The number of likely N-dealkylation sites (tertiary alicyclic amines) is 1. The summed E-state index contributed by atoms with van der Waals surface area (Å²) >= 11 is 0. The minimum absolute atomic E-state index is 0.00214.